The molecule has 1 atom stereocenters. The maximum atomic E-state index is 13.4. The van der Waals surface area contributed by atoms with Gasteiger partial charge in [0.2, 0.25) is 5.91 Å². The Morgan fingerprint density at radius 2 is 1.89 bits per heavy atom. The van der Waals surface area contributed by atoms with Crippen molar-refractivity contribution in [2.75, 3.05) is 31.5 Å². The number of rotatable bonds is 6. The first-order valence-corrected chi connectivity index (χ1v) is 12.9. The van der Waals surface area contributed by atoms with Gasteiger partial charge in [-0.2, -0.15) is 13.2 Å². The van der Waals surface area contributed by atoms with Gasteiger partial charge in [0, 0.05) is 36.5 Å². The van der Waals surface area contributed by atoms with Gasteiger partial charge in [-0.15, -0.1) is 0 Å². The number of nitrogens with one attached hydrogen (secondary N) is 3. The Morgan fingerprint density at radius 3 is 2.63 bits per heavy atom. The van der Waals surface area contributed by atoms with Crippen LogP contribution in [0.25, 0.3) is 16.7 Å². The van der Waals surface area contributed by atoms with Crippen LogP contribution in [0.4, 0.5) is 18.9 Å². The van der Waals surface area contributed by atoms with Crippen molar-refractivity contribution in [1.82, 2.24) is 15.5 Å². The highest BCUT2D eigenvalue weighted by atomic mass is 19.4. The highest BCUT2D eigenvalue weighted by Crippen LogP contribution is 2.42. The maximum absolute atomic E-state index is 13.4. The fraction of sp³-hybridized carbons (Fsp3) is 0.379. The first-order chi connectivity index (χ1) is 18.0. The van der Waals surface area contributed by atoms with Crippen LogP contribution in [0.3, 0.4) is 0 Å². The summed E-state index contributed by atoms with van der Waals surface area (Å²) >= 11 is 0. The molecule has 38 heavy (non-hydrogen) atoms. The number of carbonyl (C=O) groups is 2. The molecule has 5 rings (SSSR count). The maximum Gasteiger partial charge on any atom is 0.416 e. The van der Waals surface area contributed by atoms with Crippen molar-refractivity contribution in [3.05, 3.63) is 70.9 Å². The van der Waals surface area contributed by atoms with Crippen LogP contribution >= 0.6 is 0 Å². The van der Waals surface area contributed by atoms with Gasteiger partial charge in [-0.1, -0.05) is 24.3 Å². The van der Waals surface area contributed by atoms with Gasteiger partial charge >= 0.3 is 6.18 Å². The molecular weight excluding hydrogens is 493 g/mol. The van der Waals surface area contributed by atoms with Crippen molar-refractivity contribution in [3.63, 3.8) is 0 Å². The molecule has 3 N–H and O–H groups in total. The SMILES string of the molecule is CC1=C(C=C2C(=O)Nc3cccc(-c4cccc(C(F)(F)F)c4)c32)NC(C)(C(=O)NCCN2CCCC2)C1. The molecule has 3 aliphatic heterocycles. The third-order valence-corrected chi connectivity index (χ3v) is 7.52. The third kappa shape index (κ3) is 5.07. The normalized spacial score (nSPS) is 22.6. The van der Waals surface area contributed by atoms with E-state index < -0.39 is 17.3 Å². The number of nitrogens with zero attached hydrogens (tertiary/aromatic N) is 1. The average Bonchev–Trinajstić information content (AvgIpc) is 3.57. The summed E-state index contributed by atoms with van der Waals surface area (Å²) in [6.45, 7) is 7.27. The second kappa shape index (κ2) is 9.94. The third-order valence-electron chi connectivity index (χ3n) is 7.52. The van der Waals surface area contributed by atoms with Crippen LogP contribution in [0, 0.1) is 0 Å². The number of halogens is 3. The largest absolute Gasteiger partial charge is 0.416 e. The number of anilines is 1. The lowest BCUT2D eigenvalue weighted by molar-refractivity contribution is -0.137. The number of benzene rings is 2. The van der Waals surface area contributed by atoms with Gasteiger partial charge in [0.15, 0.2) is 0 Å². The Balaban J connectivity index is 1.39. The molecule has 9 heteroatoms. The van der Waals surface area contributed by atoms with Crippen LogP contribution in [0.2, 0.25) is 0 Å². The van der Waals surface area contributed by atoms with Crippen molar-refractivity contribution in [3.8, 4) is 11.1 Å². The van der Waals surface area contributed by atoms with Gasteiger partial charge in [0.05, 0.1) is 11.1 Å². The van der Waals surface area contributed by atoms with E-state index in [1.165, 1.54) is 18.9 Å². The van der Waals surface area contributed by atoms with Gasteiger partial charge in [-0.05, 0) is 80.8 Å². The van der Waals surface area contributed by atoms with Crippen molar-refractivity contribution >= 4 is 23.1 Å². The van der Waals surface area contributed by atoms with Gasteiger partial charge in [0.25, 0.3) is 5.91 Å². The summed E-state index contributed by atoms with van der Waals surface area (Å²) in [7, 11) is 0. The van der Waals surface area contributed by atoms with Gasteiger partial charge < -0.3 is 20.9 Å². The average molecular weight is 525 g/mol. The van der Waals surface area contributed by atoms with Gasteiger partial charge in [0.1, 0.15) is 5.54 Å². The highest BCUT2D eigenvalue weighted by molar-refractivity contribution is 6.33. The molecule has 1 saturated heterocycles. The minimum absolute atomic E-state index is 0.106. The molecule has 0 aliphatic carbocycles. The molecule has 0 aromatic heterocycles. The zero-order valence-electron chi connectivity index (χ0n) is 21.5. The van der Waals surface area contributed by atoms with Crippen LogP contribution in [0.1, 0.15) is 44.2 Å². The van der Waals surface area contributed by atoms with E-state index in [1.807, 2.05) is 13.8 Å². The Labute approximate surface area is 220 Å². The quantitative estimate of drug-likeness (QED) is 0.468. The molecule has 0 radical (unpaired) electrons. The molecule has 200 valence electrons. The number of alkyl halides is 3. The van der Waals surface area contributed by atoms with E-state index in [0.29, 0.717) is 46.6 Å². The smallest absolute Gasteiger partial charge is 0.371 e. The zero-order valence-corrected chi connectivity index (χ0v) is 21.5. The van der Waals surface area contributed by atoms with Crippen LogP contribution in [-0.4, -0.2) is 48.4 Å². The van der Waals surface area contributed by atoms with Crippen molar-refractivity contribution in [2.24, 2.45) is 0 Å². The number of amides is 2. The number of allylic oxidation sites excluding steroid dienone is 1. The van der Waals surface area contributed by atoms with Crippen molar-refractivity contribution < 1.29 is 22.8 Å². The molecule has 0 bridgehead atoms. The topological polar surface area (TPSA) is 73.5 Å². The molecule has 3 aliphatic rings. The van der Waals surface area contributed by atoms with Crippen molar-refractivity contribution in [1.29, 1.82) is 0 Å². The van der Waals surface area contributed by atoms with Crippen molar-refractivity contribution in [2.45, 2.75) is 44.8 Å². The number of hydrogen-bond acceptors (Lipinski definition) is 4. The number of fused-ring (bicyclic) bond motifs is 1. The Morgan fingerprint density at radius 1 is 1.16 bits per heavy atom. The second-order valence-corrected chi connectivity index (χ2v) is 10.5. The van der Waals surface area contributed by atoms with Gasteiger partial charge in [-0.3, -0.25) is 9.59 Å². The van der Waals surface area contributed by atoms with E-state index in [2.05, 4.69) is 20.9 Å². The predicted molar refractivity (Wildman–Crippen MR) is 141 cm³/mol. The Hall–Kier alpha value is -3.59. The molecule has 0 saturated carbocycles. The summed E-state index contributed by atoms with van der Waals surface area (Å²) < 4.78 is 40.1. The fourth-order valence-corrected chi connectivity index (χ4v) is 5.53. The number of likely N-dealkylation sites (tertiary alicyclic amines) is 1. The van der Waals surface area contributed by atoms with Crippen LogP contribution < -0.4 is 16.0 Å². The minimum atomic E-state index is -4.48. The molecule has 2 amide bonds. The monoisotopic (exact) mass is 524 g/mol. The van der Waals surface area contributed by atoms with E-state index in [4.69, 9.17) is 0 Å². The summed E-state index contributed by atoms with van der Waals surface area (Å²) in [5.74, 6) is -0.449. The predicted octanol–water partition coefficient (Wildman–Crippen LogP) is 4.95. The van der Waals surface area contributed by atoms with E-state index in [9.17, 15) is 22.8 Å². The first kappa shape index (κ1) is 26.0. The van der Waals surface area contributed by atoms with E-state index in [0.717, 1.165) is 37.3 Å². The van der Waals surface area contributed by atoms with E-state index in [-0.39, 0.29) is 11.8 Å². The lowest BCUT2D eigenvalue weighted by Crippen LogP contribution is -2.52. The summed E-state index contributed by atoms with van der Waals surface area (Å²) in [6, 6.07) is 10.2. The molecule has 3 heterocycles. The van der Waals surface area contributed by atoms with Crippen LogP contribution in [0.5, 0.6) is 0 Å². The zero-order chi connectivity index (χ0) is 27.1. The van der Waals surface area contributed by atoms with Gasteiger partial charge in [-0.25, -0.2) is 0 Å². The molecule has 0 spiro atoms. The van der Waals surface area contributed by atoms with Crippen LogP contribution in [-0.2, 0) is 15.8 Å². The summed E-state index contributed by atoms with van der Waals surface area (Å²) in [6.07, 6.45) is 0.0960. The second-order valence-electron chi connectivity index (χ2n) is 10.5. The lowest BCUT2D eigenvalue weighted by atomic mass is 9.93. The Kier molecular flexibility index (Phi) is 6.81. The summed E-state index contributed by atoms with van der Waals surface area (Å²) in [4.78, 5) is 28.4. The first-order valence-electron chi connectivity index (χ1n) is 12.9. The fourth-order valence-electron chi connectivity index (χ4n) is 5.53. The molecule has 1 unspecified atom stereocenters. The number of hydrogen-bond donors (Lipinski definition) is 3. The molecule has 1 fully saturated rings. The summed E-state index contributed by atoms with van der Waals surface area (Å²) in [5, 5.41) is 9.17. The standard InChI is InChI=1S/C29H31F3N4O2/c1-18-17-28(2,27(38)33-11-14-36-12-3-4-13-36)35-24(18)16-22-25-21(9-6-10-23(25)34-26(22)37)19-7-5-8-20(15-19)29(30,31)32/h5-10,15-16,35H,3-4,11-14,17H2,1-2H3,(H,33,38)(H,34,37). The molecule has 2 aromatic rings. The Bertz CT molecular complexity index is 1340. The lowest BCUT2D eigenvalue weighted by Gasteiger charge is -2.26. The number of carbonyl (C=O) groups excluding carboxylic acids is 2. The highest BCUT2D eigenvalue weighted by Gasteiger charge is 2.39. The summed E-state index contributed by atoms with van der Waals surface area (Å²) in [5.41, 5.74) is 2.29. The molecule has 6 nitrogen and oxygen atoms in total. The minimum Gasteiger partial charge on any atom is -0.371 e. The van der Waals surface area contributed by atoms with E-state index >= 15 is 0 Å². The molecule has 2 aromatic carbocycles. The van der Waals surface area contributed by atoms with Crippen LogP contribution in [0.15, 0.2) is 59.8 Å². The molecular formula is C29H31F3N4O2. The van der Waals surface area contributed by atoms with E-state index in [1.54, 1.807) is 30.3 Å².